The molecule has 1 heteroatoms. The first kappa shape index (κ1) is 15.0. The Morgan fingerprint density at radius 2 is 1.67 bits per heavy atom. The van der Waals surface area contributed by atoms with E-state index in [2.05, 4.69) is 13.2 Å². The van der Waals surface area contributed by atoms with Gasteiger partial charge in [-0.3, -0.25) is 0 Å². The summed E-state index contributed by atoms with van der Waals surface area (Å²) in [5, 5.41) is 0. The molecule has 0 bridgehead atoms. The predicted octanol–water partition coefficient (Wildman–Crippen LogP) is 5.95. The van der Waals surface area contributed by atoms with Gasteiger partial charge in [0.05, 0.1) is 0 Å². The van der Waals surface area contributed by atoms with Crippen molar-refractivity contribution in [3.05, 3.63) is 90.3 Å². The van der Waals surface area contributed by atoms with E-state index < -0.39 is 0 Å². The van der Waals surface area contributed by atoms with E-state index in [1.807, 2.05) is 56.3 Å². The Bertz CT molecular complexity index is 703. The Hall–Kier alpha value is -2.41. The van der Waals surface area contributed by atoms with E-state index >= 15 is 0 Å². The zero-order valence-electron chi connectivity index (χ0n) is 12.5. The molecule has 2 aromatic carbocycles. The topological polar surface area (TPSA) is 0 Å². The van der Waals surface area contributed by atoms with Gasteiger partial charge in [0.15, 0.2) is 0 Å². The molecule has 106 valence electrons. The van der Waals surface area contributed by atoms with Gasteiger partial charge < -0.3 is 0 Å². The maximum Gasteiger partial charge on any atom is 0.131 e. The van der Waals surface area contributed by atoms with E-state index in [9.17, 15) is 4.39 Å². The van der Waals surface area contributed by atoms with Gasteiger partial charge in [-0.25, -0.2) is 4.39 Å². The van der Waals surface area contributed by atoms with Crippen LogP contribution in [0.3, 0.4) is 0 Å². The zero-order valence-corrected chi connectivity index (χ0v) is 12.5. The summed E-state index contributed by atoms with van der Waals surface area (Å²) >= 11 is 0. The number of hydrogen-bond donors (Lipinski definition) is 0. The Morgan fingerprint density at radius 3 is 2.24 bits per heavy atom. The van der Waals surface area contributed by atoms with Crippen LogP contribution in [-0.2, 0) is 0 Å². The first-order chi connectivity index (χ1) is 9.97. The molecule has 0 nitrogen and oxygen atoms in total. The van der Waals surface area contributed by atoms with Gasteiger partial charge in [0.2, 0.25) is 0 Å². The zero-order chi connectivity index (χ0) is 15.4. The van der Waals surface area contributed by atoms with E-state index in [1.165, 1.54) is 6.07 Å². The van der Waals surface area contributed by atoms with Gasteiger partial charge >= 0.3 is 0 Å². The molecule has 2 rings (SSSR count). The standard InChI is InChI=1S/C20H19F/c1-14(2)5-8-16(4)18-11-12-19(20(21)13-18)17-9-6-15(3)7-10-17/h5-13H,1,4H2,2-3H3/b8-5-. The summed E-state index contributed by atoms with van der Waals surface area (Å²) in [4.78, 5) is 0. The predicted molar refractivity (Wildman–Crippen MR) is 89.6 cm³/mol. The van der Waals surface area contributed by atoms with Crippen molar-refractivity contribution in [3.8, 4) is 11.1 Å². The normalized spacial score (nSPS) is 10.8. The summed E-state index contributed by atoms with van der Waals surface area (Å²) in [6.45, 7) is 11.7. The number of halogens is 1. The highest BCUT2D eigenvalue weighted by Gasteiger charge is 2.06. The van der Waals surface area contributed by atoms with Gasteiger partial charge in [-0.05, 0) is 36.6 Å². The van der Waals surface area contributed by atoms with Crippen molar-refractivity contribution in [2.45, 2.75) is 13.8 Å². The minimum Gasteiger partial charge on any atom is -0.206 e. The molecule has 0 aromatic heterocycles. The van der Waals surface area contributed by atoms with Gasteiger partial charge in [-0.2, -0.15) is 0 Å². The van der Waals surface area contributed by atoms with Crippen LogP contribution in [0.1, 0.15) is 18.1 Å². The largest absolute Gasteiger partial charge is 0.206 e. The van der Waals surface area contributed by atoms with E-state index in [0.29, 0.717) is 5.56 Å². The van der Waals surface area contributed by atoms with Crippen LogP contribution < -0.4 is 0 Å². The minimum absolute atomic E-state index is 0.235. The lowest BCUT2D eigenvalue weighted by Crippen LogP contribution is -1.88. The van der Waals surface area contributed by atoms with E-state index in [0.717, 1.165) is 27.8 Å². The Kier molecular flexibility index (Phi) is 4.54. The lowest BCUT2D eigenvalue weighted by Gasteiger charge is -2.07. The van der Waals surface area contributed by atoms with Crippen LogP contribution in [-0.4, -0.2) is 0 Å². The number of hydrogen-bond acceptors (Lipinski definition) is 0. The molecular weight excluding hydrogens is 259 g/mol. The van der Waals surface area contributed by atoms with Crippen molar-refractivity contribution < 1.29 is 4.39 Å². The molecule has 0 spiro atoms. The third-order valence-electron chi connectivity index (χ3n) is 3.27. The van der Waals surface area contributed by atoms with Crippen LogP contribution >= 0.6 is 0 Å². The maximum atomic E-state index is 14.3. The van der Waals surface area contributed by atoms with E-state index in [-0.39, 0.29) is 5.82 Å². The number of allylic oxidation sites excluding steroid dienone is 4. The number of benzene rings is 2. The van der Waals surface area contributed by atoms with Crippen LogP contribution in [0.25, 0.3) is 16.7 Å². The van der Waals surface area contributed by atoms with Crippen LogP contribution in [0.5, 0.6) is 0 Å². The van der Waals surface area contributed by atoms with Crippen LogP contribution in [0.4, 0.5) is 4.39 Å². The third-order valence-corrected chi connectivity index (χ3v) is 3.27. The van der Waals surface area contributed by atoms with Crippen molar-refractivity contribution in [1.82, 2.24) is 0 Å². The third kappa shape index (κ3) is 3.79. The maximum absolute atomic E-state index is 14.3. The number of rotatable bonds is 4. The second-order valence-corrected chi connectivity index (χ2v) is 5.27. The molecule has 2 aromatic rings. The molecule has 0 saturated heterocycles. The molecule has 0 aliphatic heterocycles. The minimum atomic E-state index is -0.235. The molecule has 0 atom stereocenters. The molecular formula is C20H19F. The molecule has 0 heterocycles. The van der Waals surface area contributed by atoms with Crippen molar-refractivity contribution in [2.75, 3.05) is 0 Å². The van der Waals surface area contributed by atoms with Crippen molar-refractivity contribution >= 4 is 5.57 Å². The van der Waals surface area contributed by atoms with Crippen LogP contribution in [0, 0.1) is 12.7 Å². The van der Waals surface area contributed by atoms with Gasteiger partial charge in [0.25, 0.3) is 0 Å². The fraction of sp³-hybridized carbons (Fsp3) is 0.100. The van der Waals surface area contributed by atoms with Gasteiger partial charge in [0, 0.05) is 5.56 Å². The second kappa shape index (κ2) is 6.36. The highest BCUT2D eigenvalue weighted by Crippen LogP contribution is 2.26. The molecule has 0 N–H and O–H groups in total. The Labute approximate surface area is 126 Å². The fourth-order valence-electron chi connectivity index (χ4n) is 2.02. The SMILES string of the molecule is C=C(C)/C=C\C(=C)c1ccc(-c2ccc(C)cc2)c(F)c1. The van der Waals surface area contributed by atoms with E-state index in [4.69, 9.17) is 0 Å². The van der Waals surface area contributed by atoms with Crippen molar-refractivity contribution in [3.63, 3.8) is 0 Å². The van der Waals surface area contributed by atoms with Crippen molar-refractivity contribution in [1.29, 1.82) is 0 Å². The van der Waals surface area contributed by atoms with Crippen LogP contribution in [0.15, 0.2) is 73.3 Å². The van der Waals surface area contributed by atoms with Crippen molar-refractivity contribution in [2.24, 2.45) is 0 Å². The monoisotopic (exact) mass is 278 g/mol. The number of aryl methyl sites for hydroxylation is 1. The molecule has 0 unspecified atom stereocenters. The summed E-state index contributed by atoms with van der Waals surface area (Å²) in [5.74, 6) is -0.235. The fourth-order valence-corrected chi connectivity index (χ4v) is 2.02. The molecule has 0 fully saturated rings. The Balaban J connectivity index is 2.31. The smallest absolute Gasteiger partial charge is 0.131 e. The van der Waals surface area contributed by atoms with E-state index in [1.54, 1.807) is 6.07 Å². The molecule has 0 saturated carbocycles. The highest BCUT2D eigenvalue weighted by atomic mass is 19.1. The molecule has 0 amide bonds. The average Bonchev–Trinajstić information content (AvgIpc) is 2.45. The molecule has 0 aliphatic rings. The quantitative estimate of drug-likeness (QED) is 0.606. The summed E-state index contributed by atoms with van der Waals surface area (Å²) in [6, 6.07) is 13.1. The molecule has 0 radical (unpaired) electrons. The molecule has 0 aliphatic carbocycles. The first-order valence-corrected chi connectivity index (χ1v) is 6.87. The molecule has 21 heavy (non-hydrogen) atoms. The second-order valence-electron chi connectivity index (χ2n) is 5.27. The Morgan fingerprint density at radius 1 is 1.00 bits per heavy atom. The summed E-state index contributed by atoms with van der Waals surface area (Å²) in [5.41, 5.74) is 5.14. The lowest BCUT2D eigenvalue weighted by atomic mass is 9.99. The summed E-state index contributed by atoms with van der Waals surface area (Å²) in [7, 11) is 0. The lowest BCUT2D eigenvalue weighted by molar-refractivity contribution is 0.631. The van der Waals surface area contributed by atoms with Crippen LogP contribution in [0.2, 0.25) is 0 Å². The van der Waals surface area contributed by atoms with Gasteiger partial charge in [0.1, 0.15) is 5.82 Å². The highest BCUT2D eigenvalue weighted by molar-refractivity contribution is 5.75. The van der Waals surface area contributed by atoms with Gasteiger partial charge in [-0.15, -0.1) is 0 Å². The van der Waals surface area contributed by atoms with Gasteiger partial charge in [-0.1, -0.05) is 72.8 Å². The summed E-state index contributed by atoms with van der Waals surface area (Å²) in [6.07, 6.45) is 3.72. The summed E-state index contributed by atoms with van der Waals surface area (Å²) < 4.78 is 14.3. The average molecular weight is 278 g/mol. The first-order valence-electron chi connectivity index (χ1n) is 6.87.